The molecule has 4 rings (SSSR count). The zero-order valence-corrected chi connectivity index (χ0v) is 16.3. The normalized spacial score (nSPS) is 23.6. The summed E-state index contributed by atoms with van der Waals surface area (Å²) in [5.41, 5.74) is 3.74. The third-order valence-corrected chi connectivity index (χ3v) is 6.14. The Balaban J connectivity index is 1.35. The van der Waals surface area contributed by atoms with Crippen LogP contribution >= 0.6 is 0 Å². The minimum Gasteiger partial charge on any atom is -0.339 e. The number of nitrogens with one attached hydrogen (secondary N) is 2. The molecule has 4 unspecified atom stereocenters. The maximum Gasteiger partial charge on any atom is 0.238 e. The highest BCUT2D eigenvalue weighted by Gasteiger charge is 2.39. The standard InChI is InChI=1S/C24H24N4O/c25-14-17-6-10-19(11-7-17)18-8-4-16(5-9-18)12-21(15-26)27-24(29)23-13-20-2-1-3-22(20)28-23/h4-11,20-23,28H,1-3,12-13H2,(H,27,29). The summed E-state index contributed by atoms with van der Waals surface area (Å²) >= 11 is 0. The van der Waals surface area contributed by atoms with Crippen LogP contribution in [0.4, 0.5) is 0 Å². The van der Waals surface area contributed by atoms with E-state index in [0.717, 1.165) is 29.5 Å². The van der Waals surface area contributed by atoms with Gasteiger partial charge >= 0.3 is 0 Å². The predicted molar refractivity (Wildman–Crippen MR) is 111 cm³/mol. The Hall–Kier alpha value is -3.15. The number of carbonyl (C=O) groups excluding carboxylic acids is 1. The Morgan fingerprint density at radius 3 is 2.38 bits per heavy atom. The maximum absolute atomic E-state index is 12.6. The van der Waals surface area contributed by atoms with Crippen LogP contribution in [-0.4, -0.2) is 24.0 Å². The van der Waals surface area contributed by atoms with Gasteiger partial charge in [-0.15, -0.1) is 0 Å². The molecule has 0 spiro atoms. The van der Waals surface area contributed by atoms with Crippen LogP contribution in [0.25, 0.3) is 11.1 Å². The van der Waals surface area contributed by atoms with Gasteiger partial charge in [0.2, 0.25) is 5.91 Å². The highest BCUT2D eigenvalue weighted by atomic mass is 16.2. The van der Waals surface area contributed by atoms with Crippen LogP contribution in [0, 0.1) is 28.6 Å². The summed E-state index contributed by atoms with van der Waals surface area (Å²) in [4.78, 5) is 12.6. The molecule has 1 saturated carbocycles. The first kappa shape index (κ1) is 19.2. The molecule has 5 nitrogen and oxygen atoms in total. The number of benzene rings is 2. The average Bonchev–Trinajstić information content (AvgIpc) is 3.36. The molecule has 0 radical (unpaired) electrons. The Morgan fingerprint density at radius 1 is 1.07 bits per heavy atom. The minimum absolute atomic E-state index is 0.0554. The number of carbonyl (C=O) groups is 1. The van der Waals surface area contributed by atoms with Crippen molar-refractivity contribution in [3.8, 4) is 23.3 Å². The second-order valence-corrected chi connectivity index (χ2v) is 8.03. The maximum atomic E-state index is 12.6. The SMILES string of the molecule is N#Cc1ccc(-c2ccc(CC(C#N)NC(=O)C3CC4CCCC4N3)cc2)cc1. The molecule has 2 fully saturated rings. The number of nitrogens with zero attached hydrogens (tertiary/aromatic N) is 2. The summed E-state index contributed by atoms with van der Waals surface area (Å²) in [5.74, 6) is 0.557. The predicted octanol–water partition coefficient (Wildman–Crippen LogP) is 3.31. The molecule has 2 aliphatic rings. The lowest BCUT2D eigenvalue weighted by Gasteiger charge is -2.17. The number of hydrogen-bond donors (Lipinski definition) is 2. The van der Waals surface area contributed by atoms with Crippen LogP contribution in [0.1, 0.15) is 36.8 Å². The molecular weight excluding hydrogens is 360 g/mol. The van der Waals surface area contributed by atoms with E-state index in [0.29, 0.717) is 23.9 Å². The van der Waals surface area contributed by atoms with Crippen molar-refractivity contribution in [3.63, 3.8) is 0 Å². The third-order valence-electron chi connectivity index (χ3n) is 6.14. The Morgan fingerprint density at radius 2 is 1.76 bits per heavy atom. The zero-order valence-electron chi connectivity index (χ0n) is 16.3. The quantitative estimate of drug-likeness (QED) is 0.828. The molecular formula is C24H24N4O. The van der Waals surface area contributed by atoms with Gasteiger partial charge in [0, 0.05) is 12.5 Å². The molecule has 2 N–H and O–H groups in total. The van der Waals surface area contributed by atoms with E-state index in [2.05, 4.69) is 22.8 Å². The summed E-state index contributed by atoms with van der Waals surface area (Å²) in [6.45, 7) is 0. The number of rotatable bonds is 5. The zero-order chi connectivity index (χ0) is 20.2. The molecule has 5 heteroatoms. The molecule has 1 aliphatic carbocycles. The fourth-order valence-electron chi connectivity index (χ4n) is 4.56. The Labute approximate surface area is 171 Å². The van der Waals surface area contributed by atoms with Crippen molar-refractivity contribution in [2.75, 3.05) is 0 Å². The monoisotopic (exact) mass is 384 g/mol. The van der Waals surface area contributed by atoms with Gasteiger partial charge in [0.05, 0.1) is 23.7 Å². The lowest BCUT2D eigenvalue weighted by Crippen LogP contribution is -2.46. The van der Waals surface area contributed by atoms with Gasteiger partial charge < -0.3 is 10.6 Å². The fourth-order valence-corrected chi connectivity index (χ4v) is 4.56. The molecule has 1 saturated heterocycles. The van der Waals surface area contributed by atoms with Crippen molar-refractivity contribution in [1.29, 1.82) is 10.5 Å². The van der Waals surface area contributed by atoms with Gasteiger partial charge in [-0.1, -0.05) is 42.8 Å². The van der Waals surface area contributed by atoms with E-state index in [9.17, 15) is 10.1 Å². The summed E-state index contributed by atoms with van der Waals surface area (Å²) in [6, 6.07) is 19.6. The molecule has 4 atom stereocenters. The van der Waals surface area contributed by atoms with Crippen LogP contribution in [0.5, 0.6) is 0 Å². The van der Waals surface area contributed by atoms with Crippen LogP contribution in [0.2, 0.25) is 0 Å². The first-order valence-corrected chi connectivity index (χ1v) is 10.2. The smallest absolute Gasteiger partial charge is 0.238 e. The molecule has 146 valence electrons. The fraction of sp³-hybridized carbons (Fsp3) is 0.375. The van der Waals surface area contributed by atoms with Crippen molar-refractivity contribution >= 4 is 5.91 Å². The van der Waals surface area contributed by atoms with Gasteiger partial charge in [-0.05, 0) is 54.0 Å². The highest BCUT2D eigenvalue weighted by molar-refractivity contribution is 5.82. The second-order valence-electron chi connectivity index (χ2n) is 8.03. The van der Waals surface area contributed by atoms with E-state index in [1.165, 1.54) is 12.8 Å². The lowest BCUT2D eigenvalue weighted by atomic mass is 9.99. The van der Waals surface area contributed by atoms with Crippen molar-refractivity contribution in [1.82, 2.24) is 10.6 Å². The van der Waals surface area contributed by atoms with Crippen molar-refractivity contribution in [2.24, 2.45) is 5.92 Å². The largest absolute Gasteiger partial charge is 0.339 e. The van der Waals surface area contributed by atoms with Crippen molar-refractivity contribution < 1.29 is 4.79 Å². The summed E-state index contributed by atoms with van der Waals surface area (Å²) in [5, 5.41) is 24.8. The van der Waals surface area contributed by atoms with Crippen LogP contribution in [0.15, 0.2) is 48.5 Å². The molecule has 0 aromatic heterocycles. The number of fused-ring (bicyclic) bond motifs is 1. The van der Waals surface area contributed by atoms with Gasteiger partial charge in [0.25, 0.3) is 0 Å². The van der Waals surface area contributed by atoms with Crippen LogP contribution < -0.4 is 10.6 Å². The first-order valence-electron chi connectivity index (χ1n) is 10.2. The molecule has 2 aromatic carbocycles. The number of nitriles is 2. The van der Waals surface area contributed by atoms with E-state index in [1.807, 2.05) is 36.4 Å². The van der Waals surface area contributed by atoms with Crippen LogP contribution in [-0.2, 0) is 11.2 Å². The van der Waals surface area contributed by atoms with Crippen molar-refractivity contribution in [2.45, 2.75) is 50.2 Å². The number of hydrogen-bond acceptors (Lipinski definition) is 4. The lowest BCUT2D eigenvalue weighted by molar-refractivity contribution is -0.123. The third kappa shape index (κ3) is 4.31. The van der Waals surface area contributed by atoms with E-state index >= 15 is 0 Å². The van der Waals surface area contributed by atoms with E-state index < -0.39 is 6.04 Å². The Kier molecular flexibility index (Phi) is 5.60. The van der Waals surface area contributed by atoms with E-state index in [1.54, 1.807) is 12.1 Å². The molecule has 1 aliphatic heterocycles. The molecule has 1 heterocycles. The average molecular weight is 384 g/mol. The molecule has 29 heavy (non-hydrogen) atoms. The van der Waals surface area contributed by atoms with Crippen LogP contribution in [0.3, 0.4) is 0 Å². The summed E-state index contributed by atoms with van der Waals surface area (Å²) in [6.07, 6.45) is 4.97. The van der Waals surface area contributed by atoms with Gasteiger partial charge in [-0.3, -0.25) is 4.79 Å². The first-order chi connectivity index (χ1) is 14.2. The second kappa shape index (κ2) is 8.47. The topological polar surface area (TPSA) is 88.7 Å². The van der Waals surface area contributed by atoms with Gasteiger partial charge in [-0.25, -0.2) is 0 Å². The summed E-state index contributed by atoms with van der Waals surface area (Å²) in [7, 11) is 0. The van der Waals surface area contributed by atoms with Gasteiger partial charge in [0.15, 0.2) is 0 Å². The van der Waals surface area contributed by atoms with Gasteiger partial charge in [0.1, 0.15) is 6.04 Å². The minimum atomic E-state index is -0.537. The summed E-state index contributed by atoms with van der Waals surface area (Å²) < 4.78 is 0. The van der Waals surface area contributed by atoms with E-state index in [-0.39, 0.29) is 11.9 Å². The molecule has 0 bridgehead atoms. The number of amides is 1. The molecule has 2 aromatic rings. The van der Waals surface area contributed by atoms with Gasteiger partial charge in [-0.2, -0.15) is 10.5 Å². The highest BCUT2D eigenvalue weighted by Crippen LogP contribution is 2.34. The van der Waals surface area contributed by atoms with E-state index in [4.69, 9.17) is 5.26 Å². The van der Waals surface area contributed by atoms with Crippen molar-refractivity contribution in [3.05, 3.63) is 59.7 Å². The molecule has 1 amide bonds. The Bertz CT molecular complexity index is 940.